The third-order valence-corrected chi connectivity index (χ3v) is 4.73. The van der Waals surface area contributed by atoms with Crippen molar-refractivity contribution in [1.82, 2.24) is 9.80 Å². The Labute approximate surface area is 111 Å². The van der Waals surface area contributed by atoms with E-state index in [0.29, 0.717) is 6.04 Å². The van der Waals surface area contributed by atoms with Crippen molar-refractivity contribution in [2.45, 2.75) is 43.7 Å². The molecule has 2 N–H and O–H groups in total. The van der Waals surface area contributed by atoms with E-state index in [1.807, 2.05) is 0 Å². The molecule has 0 aromatic heterocycles. The van der Waals surface area contributed by atoms with Gasteiger partial charge in [-0.2, -0.15) is 5.26 Å². The Bertz CT molecular complexity index is 314. The predicted octanol–water partition coefficient (Wildman–Crippen LogP) is 1.03. The fourth-order valence-electron chi connectivity index (χ4n) is 3.40. The van der Waals surface area contributed by atoms with Gasteiger partial charge in [-0.3, -0.25) is 0 Å². The number of nitrogens with zero attached hydrogens (tertiary/aromatic N) is 3. The highest BCUT2D eigenvalue weighted by Gasteiger charge is 2.33. The van der Waals surface area contributed by atoms with E-state index in [1.54, 1.807) is 0 Å². The molecule has 0 bridgehead atoms. The lowest BCUT2D eigenvalue weighted by atomic mass is 9.80. The van der Waals surface area contributed by atoms with Crippen LogP contribution >= 0.6 is 0 Å². The van der Waals surface area contributed by atoms with Crippen LogP contribution in [0.1, 0.15) is 32.1 Å². The maximum Gasteiger partial charge on any atom is 0.104 e. The van der Waals surface area contributed by atoms with Crippen LogP contribution in [0.15, 0.2) is 0 Å². The van der Waals surface area contributed by atoms with Crippen LogP contribution in [0.3, 0.4) is 0 Å². The van der Waals surface area contributed by atoms with Crippen molar-refractivity contribution in [2.75, 3.05) is 33.7 Å². The van der Waals surface area contributed by atoms with Crippen LogP contribution in [0.5, 0.6) is 0 Å². The van der Waals surface area contributed by atoms with Crippen molar-refractivity contribution in [3.8, 4) is 6.07 Å². The van der Waals surface area contributed by atoms with Gasteiger partial charge in [0.1, 0.15) is 5.54 Å². The molecule has 2 rings (SSSR count). The van der Waals surface area contributed by atoms with Gasteiger partial charge < -0.3 is 15.5 Å². The number of rotatable bonds is 3. The Balaban J connectivity index is 1.77. The molecule has 4 heteroatoms. The largest absolute Gasteiger partial charge is 0.313 e. The molecule has 4 nitrogen and oxygen atoms in total. The van der Waals surface area contributed by atoms with E-state index in [-0.39, 0.29) is 0 Å². The first kappa shape index (κ1) is 13.8. The van der Waals surface area contributed by atoms with Gasteiger partial charge in [0.25, 0.3) is 0 Å². The van der Waals surface area contributed by atoms with Crippen LogP contribution < -0.4 is 5.73 Å². The van der Waals surface area contributed by atoms with Gasteiger partial charge in [0.15, 0.2) is 0 Å². The molecule has 0 aromatic carbocycles. The zero-order valence-electron chi connectivity index (χ0n) is 11.7. The maximum atomic E-state index is 9.04. The van der Waals surface area contributed by atoms with Gasteiger partial charge in [-0.1, -0.05) is 0 Å². The normalized spacial score (nSPS) is 37.9. The van der Waals surface area contributed by atoms with Crippen molar-refractivity contribution >= 4 is 0 Å². The van der Waals surface area contributed by atoms with Gasteiger partial charge in [0.2, 0.25) is 0 Å². The Hall–Kier alpha value is -0.630. The molecule has 1 saturated carbocycles. The Morgan fingerprint density at radius 2 is 2.06 bits per heavy atom. The number of nitrogens with two attached hydrogens (primary N) is 1. The third kappa shape index (κ3) is 3.23. The van der Waals surface area contributed by atoms with Crippen LogP contribution in [0.25, 0.3) is 0 Å². The van der Waals surface area contributed by atoms with Gasteiger partial charge in [-0.05, 0) is 58.7 Å². The summed E-state index contributed by atoms with van der Waals surface area (Å²) < 4.78 is 0. The molecule has 102 valence electrons. The van der Waals surface area contributed by atoms with E-state index >= 15 is 0 Å². The maximum absolute atomic E-state index is 9.04. The van der Waals surface area contributed by atoms with Crippen LogP contribution in [0.2, 0.25) is 0 Å². The van der Waals surface area contributed by atoms with E-state index in [1.165, 1.54) is 26.1 Å². The molecule has 1 unspecified atom stereocenters. The second-order valence-corrected chi connectivity index (χ2v) is 6.36. The Morgan fingerprint density at radius 1 is 1.39 bits per heavy atom. The van der Waals surface area contributed by atoms with Crippen LogP contribution in [-0.2, 0) is 0 Å². The molecular formula is C14H26N4. The minimum Gasteiger partial charge on any atom is -0.313 e. The fourth-order valence-corrected chi connectivity index (χ4v) is 3.40. The number of likely N-dealkylation sites (tertiary alicyclic amines) is 1. The van der Waals surface area contributed by atoms with Gasteiger partial charge in [-0.15, -0.1) is 0 Å². The Kier molecular flexibility index (Phi) is 4.26. The molecule has 2 aliphatic rings. The summed E-state index contributed by atoms with van der Waals surface area (Å²) in [4.78, 5) is 4.92. The highest BCUT2D eigenvalue weighted by atomic mass is 15.2. The molecule has 2 fully saturated rings. The molecule has 1 atom stereocenters. The van der Waals surface area contributed by atoms with Crippen molar-refractivity contribution < 1.29 is 0 Å². The summed E-state index contributed by atoms with van der Waals surface area (Å²) in [5, 5.41) is 9.04. The second-order valence-electron chi connectivity index (χ2n) is 6.36. The molecular weight excluding hydrogens is 224 g/mol. The first-order valence-electron chi connectivity index (χ1n) is 7.11. The van der Waals surface area contributed by atoms with Crippen molar-refractivity contribution in [2.24, 2.45) is 11.7 Å². The van der Waals surface area contributed by atoms with Gasteiger partial charge in [0.05, 0.1) is 6.07 Å². The van der Waals surface area contributed by atoms with Crippen molar-refractivity contribution in [3.05, 3.63) is 0 Å². The van der Waals surface area contributed by atoms with E-state index < -0.39 is 5.54 Å². The zero-order chi connectivity index (χ0) is 13.2. The van der Waals surface area contributed by atoms with E-state index in [9.17, 15) is 0 Å². The lowest BCUT2D eigenvalue weighted by Crippen LogP contribution is -2.47. The summed E-state index contributed by atoms with van der Waals surface area (Å²) >= 11 is 0. The van der Waals surface area contributed by atoms with Crippen LogP contribution in [0.4, 0.5) is 0 Å². The molecule has 18 heavy (non-hydrogen) atoms. The SMILES string of the molecule is CN1CCC(CN(C)C2CCC(N)(C#N)CC2)C1. The molecule has 1 heterocycles. The fraction of sp³-hybridized carbons (Fsp3) is 0.929. The Morgan fingerprint density at radius 3 is 2.56 bits per heavy atom. The first-order chi connectivity index (χ1) is 8.52. The van der Waals surface area contributed by atoms with Crippen LogP contribution in [0, 0.1) is 17.2 Å². The number of nitriles is 1. The molecule has 0 radical (unpaired) electrons. The second kappa shape index (κ2) is 5.56. The lowest BCUT2D eigenvalue weighted by Gasteiger charge is -2.37. The number of hydrogen-bond acceptors (Lipinski definition) is 4. The zero-order valence-corrected chi connectivity index (χ0v) is 11.7. The molecule has 1 aliphatic carbocycles. The lowest BCUT2D eigenvalue weighted by molar-refractivity contribution is 0.148. The molecule has 0 spiro atoms. The summed E-state index contributed by atoms with van der Waals surface area (Å²) in [7, 11) is 4.44. The molecule has 0 amide bonds. The minimum atomic E-state index is -0.551. The summed E-state index contributed by atoms with van der Waals surface area (Å²) in [6.07, 6.45) is 5.17. The van der Waals surface area contributed by atoms with Gasteiger partial charge >= 0.3 is 0 Å². The molecule has 0 aromatic rings. The monoisotopic (exact) mass is 250 g/mol. The summed E-state index contributed by atoms with van der Waals surface area (Å²) in [6.45, 7) is 3.67. The summed E-state index contributed by atoms with van der Waals surface area (Å²) in [5.74, 6) is 0.820. The van der Waals surface area contributed by atoms with Crippen molar-refractivity contribution in [3.63, 3.8) is 0 Å². The highest BCUT2D eigenvalue weighted by Crippen LogP contribution is 2.29. The van der Waals surface area contributed by atoms with E-state index in [0.717, 1.165) is 31.6 Å². The molecule has 1 saturated heterocycles. The standard InChI is InChI=1S/C14H26N4/c1-17-8-5-12(9-17)10-18(2)13-3-6-14(16,11-15)7-4-13/h12-13H,3-10,16H2,1-2H3. The smallest absolute Gasteiger partial charge is 0.104 e. The highest BCUT2D eigenvalue weighted by molar-refractivity contribution is 5.07. The van der Waals surface area contributed by atoms with Crippen molar-refractivity contribution in [1.29, 1.82) is 5.26 Å². The quantitative estimate of drug-likeness (QED) is 0.813. The van der Waals surface area contributed by atoms with Gasteiger partial charge in [-0.25, -0.2) is 0 Å². The third-order valence-electron chi connectivity index (χ3n) is 4.73. The van der Waals surface area contributed by atoms with Crippen LogP contribution in [-0.4, -0.2) is 55.1 Å². The summed E-state index contributed by atoms with van der Waals surface area (Å²) in [6, 6.07) is 2.90. The predicted molar refractivity (Wildman–Crippen MR) is 73.0 cm³/mol. The number of hydrogen-bond donors (Lipinski definition) is 1. The van der Waals surface area contributed by atoms with E-state index in [4.69, 9.17) is 11.0 Å². The van der Waals surface area contributed by atoms with Gasteiger partial charge in [0, 0.05) is 19.1 Å². The average molecular weight is 250 g/mol. The molecule has 1 aliphatic heterocycles. The first-order valence-corrected chi connectivity index (χ1v) is 7.11. The topological polar surface area (TPSA) is 56.3 Å². The van der Waals surface area contributed by atoms with E-state index in [2.05, 4.69) is 30.0 Å². The summed E-state index contributed by atoms with van der Waals surface area (Å²) in [5.41, 5.74) is 5.47. The minimum absolute atomic E-state index is 0.551. The average Bonchev–Trinajstić information content (AvgIpc) is 2.75.